The lowest BCUT2D eigenvalue weighted by Gasteiger charge is -2.40. The van der Waals surface area contributed by atoms with Gasteiger partial charge in [-0.2, -0.15) is 0 Å². The molecule has 0 aromatic carbocycles. The van der Waals surface area contributed by atoms with Gasteiger partial charge in [0.15, 0.2) is 0 Å². The van der Waals surface area contributed by atoms with Crippen LogP contribution >= 0.6 is 0 Å². The Morgan fingerprint density at radius 1 is 1.42 bits per heavy atom. The molecule has 0 spiro atoms. The molecular formula is C12H20N4O3. The van der Waals surface area contributed by atoms with Crippen LogP contribution in [-0.2, 0) is 9.53 Å². The van der Waals surface area contributed by atoms with Gasteiger partial charge in [0.25, 0.3) is 0 Å². The Morgan fingerprint density at radius 3 is 3.05 bits per heavy atom. The first-order valence-electron chi connectivity index (χ1n) is 6.85. The summed E-state index contributed by atoms with van der Waals surface area (Å²) in [6.45, 7) is 5.75. The number of nitrogens with one attached hydrogen (secondary N) is 2. The third kappa shape index (κ3) is 2.28. The Morgan fingerprint density at radius 2 is 2.26 bits per heavy atom. The zero-order valence-corrected chi connectivity index (χ0v) is 11.1. The number of urea groups is 1. The van der Waals surface area contributed by atoms with Gasteiger partial charge in [0.2, 0.25) is 5.91 Å². The fraction of sp³-hybridized carbons (Fsp3) is 0.833. The van der Waals surface area contributed by atoms with Gasteiger partial charge in [-0.05, 0) is 6.92 Å². The van der Waals surface area contributed by atoms with Gasteiger partial charge in [-0.3, -0.25) is 4.79 Å². The monoisotopic (exact) mass is 268 g/mol. The summed E-state index contributed by atoms with van der Waals surface area (Å²) in [4.78, 5) is 27.7. The summed E-state index contributed by atoms with van der Waals surface area (Å²) in [5, 5.41) is 6.04. The number of carbonyl (C=O) groups is 2. The average molecular weight is 268 g/mol. The van der Waals surface area contributed by atoms with Gasteiger partial charge in [0.1, 0.15) is 6.04 Å². The third-order valence-electron chi connectivity index (χ3n) is 4.13. The first-order valence-corrected chi connectivity index (χ1v) is 6.85. The van der Waals surface area contributed by atoms with Crippen molar-refractivity contribution in [3.05, 3.63) is 0 Å². The SMILES string of the molecule is C[C@H]1OCCN[C@@H]1C(=O)N1CCN2C(=O)NCC2C1. The van der Waals surface area contributed by atoms with E-state index in [1.54, 1.807) is 0 Å². The van der Waals surface area contributed by atoms with E-state index in [1.807, 2.05) is 16.7 Å². The maximum absolute atomic E-state index is 12.5. The number of morpholine rings is 1. The smallest absolute Gasteiger partial charge is 0.317 e. The number of piperazine rings is 1. The molecule has 3 rings (SSSR count). The number of hydrogen-bond acceptors (Lipinski definition) is 4. The highest BCUT2D eigenvalue weighted by atomic mass is 16.5. The van der Waals surface area contributed by atoms with E-state index in [-0.39, 0.29) is 30.1 Å². The van der Waals surface area contributed by atoms with Crippen LogP contribution in [-0.4, -0.2) is 79.3 Å². The molecular weight excluding hydrogens is 248 g/mol. The number of hydrogen-bond donors (Lipinski definition) is 2. The maximum atomic E-state index is 12.5. The molecule has 1 unspecified atom stereocenters. The van der Waals surface area contributed by atoms with Crippen molar-refractivity contribution in [1.29, 1.82) is 0 Å². The standard InChI is InChI=1S/C12H20N4O3/c1-8-10(13-2-5-19-8)11(17)15-3-4-16-9(7-15)6-14-12(16)18/h8-10,13H,2-7H2,1H3,(H,14,18)/t8-,9?,10+/m1/s1. The summed E-state index contributed by atoms with van der Waals surface area (Å²) >= 11 is 0. The lowest BCUT2D eigenvalue weighted by atomic mass is 10.1. The Bertz CT molecular complexity index is 389. The van der Waals surface area contributed by atoms with Crippen LogP contribution in [0.5, 0.6) is 0 Å². The first kappa shape index (κ1) is 12.7. The lowest BCUT2D eigenvalue weighted by molar-refractivity contribution is -0.141. The molecule has 0 saturated carbocycles. The molecule has 7 nitrogen and oxygen atoms in total. The fourth-order valence-corrected chi connectivity index (χ4v) is 3.01. The Labute approximate surface area is 112 Å². The van der Waals surface area contributed by atoms with Gasteiger partial charge in [-0.15, -0.1) is 0 Å². The third-order valence-corrected chi connectivity index (χ3v) is 4.13. The average Bonchev–Trinajstić information content (AvgIpc) is 2.80. The summed E-state index contributed by atoms with van der Waals surface area (Å²) in [6.07, 6.45) is -0.0948. The van der Waals surface area contributed by atoms with E-state index < -0.39 is 0 Å². The molecule has 3 aliphatic heterocycles. The van der Waals surface area contributed by atoms with Gasteiger partial charge in [-0.1, -0.05) is 0 Å². The second-order valence-corrected chi connectivity index (χ2v) is 5.33. The summed E-state index contributed by atoms with van der Waals surface area (Å²) in [5.74, 6) is 0.0891. The van der Waals surface area contributed by atoms with Crippen LogP contribution in [0.3, 0.4) is 0 Å². The molecule has 3 heterocycles. The molecule has 0 aliphatic carbocycles. The number of nitrogens with zero attached hydrogens (tertiary/aromatic N) is 2. The zero-order valence-electron chi connectivity index (χ0n) is 11.1. The second-order valence-electron chi connectivity index (χ2n) is 5.33. The van der Waals surface area contributed by atoms with Crippen molar-refractivity contribution in [1.82, 2.24) is 20.4 Å². The predicted octanol–water partition coefficient (Wildman–Crippen LogP) is -1.40. The summed E-state index contributed by atoms with van der Waals surface area (Å²) in [5.41, 5.74) is 0. The van der Waals surface area contributed by atoms with Crippen molar-refractivity contribution in [3.8, 4) is 0 Å². The molecule has 3 amide bonds. The van der Waals surface area contributed by atoms with Gasteiger partial charge in [-0.25, -0.2) is 4.79 Å². The highest BCUT2D eigenvalue weighted by molar-refractivity contribution is 5.83. The van der Waals surface area contributed by atoms with E-state index >= 15 is 0 Å². The van der Waals surface area contributed by atoms with E-state index in [1.165, 1.54) is 0 Å². The second kappa shape index (κ2) is 4.97. The minimum Gasteiger partial charge on any atom is -0.375 e. The van der Waals surface area contributed by atoms with Crippen LogP contribution in [0.4, 0.5) is 4.79 Å². The number of rotatable bonds is 1. The molecule has 19 heavy (non-hydrogen) atoms. The predicted molar refractivity (Wildman–Crippen MR) is 67.7 cm³/mol. The minimum atomic E-state index is -0.259. The Kier molecular flexibility index (Phi) is 3.32. The van der Waals surface area contributed by atoms with Crippen LogP contribution in [0.15, 0.2) is 0 Å². The largest absolute Gasteiger partial charge is 0.375 e. The van der Waals surface area contributed by atoms with Crippen molar-refractivity contribution >= 4 is 11.9 Å². The molecule has 3 aliphatic rings. The highest BCUT2D eigenvalue weighted by Crippen LogP contribution is 2.16. The highest BCUT2D eigenvalue weighted by Gasteiger charge is 2.39. The van der Waals surface area contributed by atoms with Crippen molar-refractivity contribution in [2.24, 2.45) is 0 Å². The van der Waals surface area contributed by atoms with Crippen molar-refractivity contribution < 1.29 is 14.3 Å². The summed E-state index contributed by atoms with van der Waals surface area (Å²) in [7, 11) is 0. The lowest BCUT2D eigenvalue weighted by Crippen LogP contribution is -2.61. The number of fused-ring (bicyclic) bond motifs is 1. The van der Waals surface area contributed by atoms with Crippen LogP contribution in [0.2, 0.25) is 0 Å². The normalized spacial score (nSPS) is 35.0. The van der Waals surface area contributed by atoms with Crippen molar-refractivity contribution in [2.75, 3.05) is 39.3 Å². The number of ether oxygens (including phenoxy) is 1. The van der Waals surface area contributed by atoms with Crippen molar-refractivity contribution in [3.63, 3.8) is 0 Å². The zero-order chi connectivity index (χ0) is 13.4. The maximum Gasteiger partial charge on any atom is 0.317 e. The molecule has 0 aromatic rings. The van der Waals surface area contributed by atoms with Gasteiger partial charge in [0, 0.05) is 32.7 Å². The summed E-state index contributed by atoms with van der Waals surface area (Å²) < 4.78 is 5.52. The van der Waals surface area contributed by atoms with Gasteiger partial charge < -0.3 is 25.2 Å². The van der Waals surface area contributed by atoms with Gasteiger partial charge >= 0.3 is 6.03 Å². The van der Waals surface area contributed by atoms with Crippen LogP contribution in [0.25, 0.3) is 0 Å². The molecule has 3 saturated heterocycles. The summed E-state index contributed by atoms with van der Waals surface area (Å²) in [6, 6.07) is -0.153. The molecule has 3 fully saturated rings. The van der Waals surface area contributed by atoms with Crippen LogP contribution in [0, 0.1) is 0 Å². The fourth-order valence-electron chi connectivity index (χ4n) is 3.01. The molecule has 0 aromatic heterocycles. The van der Waals surface area contributed by atoms with E-state index in [2.05, 4.69) is 10.6 Å². The number of amides is 3. The Balaban J connectivity index is 1.63. The molecule has 106 valence electrons. The van der Waals surface area contributed by atoms with E-state index in [4.69, 9.17) is 4.74 Å². The van der Waals surface area contributed by atoms with E-state index in [0.717, 1.165) is 0 Å². The minimum absolute atomic E-state index is 0.00964. The molecule has 0 bridgehead atoms. The van der Waals surface area contributed by atoms with E-state index in [0.29, 0.717) is 39.3 Å². The molecule has 3 atom stereocenters. The molecule has 2 N–H and O–H groups in total. The quantitative estimate of drug-likeness (QED) is 0.613. The Hall–Kier alpha value is -1.34. The first-order chi connectivity index (χ1) is 9.16. The van der Waals surface area contributed by atoms with Gasteiger partial charge in [0.05, 0.1) is 18.8 Å². The molecule has 0 radical (unpaired) electrons. The molecule has 7 heteroatoms. The van der Waals surface area contributed by atoms with Crippen molar-refractivity contribution in [2.45, 2.75) is 25.1 Å². The van der Waals surface area contributed by atoms with Crippen LogP contribution in [0.1, 0.15) is 6.92 Å². The number of carbonyl (C=O) groups excluding carboxylic acids is 2. The van der Waals surface area contributed by atoms with Crippen LogP contribution < -0.4 is 10.6 Å². The topological polar surface area (TPSA) is 73.9 Å². The van der Waals surface area contributed by atoms with E-state index in [9.17, 15) is 9.59 Å².